The summed E-state index contributed by atoms with van der Waals surface area (Å²) in [4.78, 5) is 22.5. The van der Waals surface area contributed by atoms with E-state index in [1.165, 1.54) is 0 Å². The smallest absolute Gasteiger partial charge is 0.471 e. The molecule has 0 spiro atoms. The fourth-order valence-electron chi connectivity index (χ4n) is 2.70. The van der Waals surface area contributed by atoms with Gasteiger partial charge in [0.15, 0.2) is 0 Å². The van der Waals surface area contributed by atoms with Crippen LogP contribution in [0.4, 0.5) is 13.2 Å². The van der Waals surface area contributed by atoms with Crippen LogP contribution in [-0.4, -0.2) is 41.1 Å². The minimum Gasteiger partial charge on any atom is -0.481 e. The van der Waals surface area contributed by atoms with Crippen LogP contribution in [0.15, 0.2) is 0 Å². The SMILES string of the molecule is O=C(O)C1C2CCN(C(=O)C(F)(F)F)CCC21. The normalized spacial score (nSPS) is 32.6. The zero-order valence-corrected chi connectivity index (χ0v) is 8.91. The third-order valence-corrected chi connectivity index (χ3v) is 3.61. The van der Waals surface area contributed by atoms with E-state index in [0.717, 1.165) is 4.90 Å². The Hall–Kier alpha value is -1.27. The molecular weight excluding hydrogens is 239 g/mol. The minimum atomic E-state index is -4.83. The van der Waals surface area contributed by atoms with Gasteiger partial charge in [0.1, 0.15) is 0 Å². The lowest BCUT2D eigenvalue weighted by Gasteiger charge is -2.22. The number of alkyl halides is 3. The molecule has 0 aromatic rings. The third-order valence-electron chi connectivity index (χ3n) is 3.61. The third kappa shape index (κ3) is 2.23. The lowest BCUT2D eigenvalue weighted by atomic mass is 10.2. The van der Waals surface area contributed by atoms with E-state index in [4.69, 9.17) is 5.11 Å². The lowest BCUT2D eigenvalue weighted by molar-refractivity contribution is -0.185. The highest BCUT2D eigenvalue weighted by Gasteiger charge is 2.56. The maximum atomic E-state index is 12.2. The Kier molecular flexibility index (Phi) is 2.79. The first-order valence-corrected chi connectivity index (χ1v) is 5.41. The molecule has 1 saturated heterocycles. The molecule has 0 aromatic carbocycles. The van der Waals surface area contributed by atoms with E-state index < -0.39 is 24.0 Å². The Morgan fingerprint density at radius 1 is 1.12 bits per heavy atom. The molecule has 1 amide bonds. The van der Waals surface area contributed by atoms with Crippen LogP contribution in [0.1, 0.15) is 12.8 Å². The molecule has 0 bridgehead atoms. The molecular formula is C10H12F3NO3. The molecule has 2 aliphatic rings. The zero-order valence-electron chi connectivity index (χ0n) is 8.91. The van der Waals surface area contributed by atoms with Crippen molar-refractivity contribution in [1.29, 1.82) is 0 Å². The number of aliphatic carboxylic acids is 1. The molecule has 2 unspecified atom stereocenters. The van der Waals surface area contributed by atoms with Gasteiger partial charge in [-0.15, -0.1) is 0 Å². The number of carboxylic acids is 1. The second kappa shape index (κ2) is 3.89. The van der Waals surface area contributed by atoms with Gasteiger partial charge in [-0.3, -0.25) is 9.59 Å². The number of halogens is 3. The lowest BCUT2D eigenvalue weighted by Crippen LogP contribution is -2.42. The zero-order chi connectivity index (χ0) is 12.8. The van der Waals surface area contributed by atoms with E-state index >= 15 is 0 Å². The summed E-state index contributed by atoms with van der Waals surface area (Å²) in [7, 11) is 0. The summed E-state index contributed by atoms with van der Waals surface area (Å²) in [5.74, 6) is -3.23. The van der Waals surface area contributed by atoms with Crippen LogP contribution in [-0.2, 0) is 9.59 Å². The topological polar surface area (TPSA) is 57.6 Å². The van der Waals surface area contributed by atoms with Gasteiger partial charge in [-0.2, -0.15) is 13.2 Å². The second-order valence-corrected chi connectivity index (χ2v) is 4.56. The van der Waals surface area contributed by atoms with Crippen LogP contribution in [0.3, 0.4) is 0 Å². The number of nitrogens with zero attached hydrogens (tertiary/aromatic N) is 1. The number of carbonyl (C=O) groups excluding carboxylic acids is 1. The van der Waals surface area contributed by atoms with Gasteiger partial charge in [0, 0.05) is 13.1 Å². The summed E-state index contributed by atoms with van der Waals surface area (Å²) in [5.41, 5.74) is 0. The monoisotopic (exact) mass is 251 g/mol. The van der Waals surface area contributed by atoms with Gasteiger partial charge in [0.05, 0.1) is 5.92 Å². The van der Waals surface area contributed by atoms with Crippen molar-refractivity contribution in [3.05, 3.63) is 0 Å². The summed E-state index contributed by atoms with van der Waals surface area (Å²) in [5, 5.41) is 8.82. The number of fused-ring (bicyclic) bond motifs is 1. The van der Waals surface area contributed by atoms with Crippen LogP contribution < -0.4 is 0 Å². The van der Waals surface area contributed by atoms with Gasteiger partial charge in [-0.05, 0) is 24.7 Å². The van der Waals surface area contributed by atoms with Gasteiger partial charge in [0.2, 0.25) is 0 Å². The summed E-state index contributed by atoms with van der Waals surface area (Å²) in [6, 6.07) is 0. The molecule has 4 nitrogen and oxygen atoms in total. The number of likely N-dealkylation sites (tertiary alicyclic amines) is 1. The number of carboxylic acid groups (broad SMARTS) is 1. The highest BCUT2D eigenvalue weighted by Crippen LogP contribution is 2.52. The quantitative estimate of drug-likeness (QED) is 0.759. The van der Waals surface area contributed by atoms with E-state index in [2.05, 4.69) is 0 Å². The van der Waals surface area contributed by atoms with Crippen molar-refractivity contribution in [2.75, 3.05) is 13.1 Å². The number of rotatable bonds is 1. The fraction of sp³-hybridized carbons (Fsp3) is 0.800. The molecule has 2 fully saturated rings. The first kappa shape index (κ1) is 12.2. The van der Waals surface area contributed by atoms with Crippen molar-refractivity contribution >= 4 is 11.9 Å². The van der Waals surface area contributed by atoms with Crippen molar-refractivity contribution in [2.24, 2.45) is 17.8 Å². The Balaban J connectivity index is 1.94. The Labute approximate surface area is 95.4 Å². The number of hydrogen-bond acceptors (Lipinski definition) is 2. The summed E-state index contributed by atoms with van der Waals surface area (Å²) >= 11 is 0. The fourth-order valence-corrected chi connectivity index (χ4v) is 2.70. The number of amides is 1. The molecule has 2 atom stereocenters. The maximum Gasteiger partial charge on any atom is 0.471 e. The van der Waals surface area contributed by atoms with Gasteiger partial charge in [-0.25, -0.2) is 0 Å². The average molecular weight is 251 g/mol. The van der Waals surface area contributed by atoms with Crippen molar-refractivity contribution in [1.82, 2.24) is 4.90 Å². The predicted molar refractivity (Wildman–Crippen MR) is 50.0 cm³/mol. The highest BCUT2D eigenvalue weighted by molar-refractivity contribution is 5.82. The first-order valence-electron chi connectivity index (χ1n) is 5.41. The predicted octanol–water partition coefficient (Wildman–Crippen LogP) is 1.12. The average Bonchev–Trinajstić information content (AvgIpc) is 2.88. The van der Waals surface area contributed by atoms with Gasteiger partial charge < -0.3 is 10.0 Å². The summed E-state index contributed by atoms with van der Waals surface area (Å²) < 4.78 is 36.6. The Bertz CT molecular complexity index is 341. The van der Waals surface area contributed by atoms with Crippen molar-refractivity contribution in [3.8, 4) is 0 Å². The van der Waals surface area contributed by atoms with E-state index in [1.807, 2.05) is 0 Å². The van der Waals surface area contributed by atoms with Crippen LogP contribution in [0.2, 0.25) is 0 Å². The molecule has 0 aromatic heterocycles. The molecule has 1 saturated carbocycles. The summed E-state index contributed by atoms with van der Waals surface area (Å²) in [6.07, 6.45) is -4.13. The largest absolute Gasteiger partial charge is 0.481 e. The van der Waals surface area contributed by atoms with E-state index in [9.17, 15) is 22.8 Å². The van der Waals surface area contributed by atoms with Crippen molar-refractivity contribution in [2.45, 2.75) is 19.0 Å². The number of carbonyl (C=O) groups is 2. The Morgan fingerprint density at radius 3 is 1.94 bits per heavy atom. The standard InChI is InChI=1S/C10H12F3NO3/c11-10(12,13)9(17)14-3-1-5-6(2-4-14)7(5)8(15)16/h5-7H,1-4H2,(H,15,16). The molecule has 0 radical (unpaired) electrons. The van der Waals surface area contributed by atoms with Gasteiger partial charge in [0.25, 0.3) is 0 Å². The van der Waals surface area contributed by atoms with Crippen molar-refractivity contribution < 1.29 is 27.9 Å². The molecule has 96 valence electrons. The Morgan fingerprint density at radius 2 is 1.59 bits per heavy atom. The van der Waals surface area contributed by atoms with Crippen LogP contribution in [0.25, 0.3) is 0 Å². The van der Waals surface area contributed by atoms with Crippen LogP contribution >= 0.6 is 0 Å². The van der Waals surface area contributed by atoms with Gasteiger partial charge >= 0.3 is 18.1 Å². The molecule has 1 N–H and O–H groups in total. The molecule has 2 rings (SSSR count). The maximum absolute atomic E-state index is 12.2. The van der Waals surface area contributed by atoms with E-state index in [-0.39, 0.29) is 24.9 Å². The van der Waals surface area contributed by atoms with Crippen molar-refractivity contribution in [3.63, 3.8) is 0 Å². The van der Waals surface area contributed by atoms with E-state index in [1.54, 1.807) is 0 Å². The minimum absolute atomic E-state index is 0.00326. The molecule has 7 heteroatoms. The molecule has 1 aliphatic heterocycles. The molecule has 1 heterocycles. The summed E-state index contributed by atoms with van der Waals surface area (Å²) in [6.45, 7) is 0.00653. The molecule has 1 aliphatic carbocycles. The van der Waals surface area contributed by atoms with Gasteiger partial charge in [-0.1, -0.05) is 0 Å². The second-order valence-electron chi connectivity index (χ2n) is 4.56. The van der Waals surface area contributed by atoms with E-state index in [0.29, 0.717) is 12.8 Å². The first-order chi connectivity index (χ1) is 7.82. The van der Waals surface area contributed by atoms with Crippen LogP contribution in [0, 0.1) is 17.8 Å². The van der Waals surface area contributed by atoms with Crippen LogP contribution in [0.5, 0.6) is 0 Å². The number of hydrogen-bond donors (Lipinski definition) is 1. The molecule has 17 heavy (non-hydrogen) atoms. The highest BCUT2D eigenvalue weighted by atomic mass is 19.4.